The molecular weight excluding hydrogens is 438 g/mol. The Labute approximate surface area is 185 Å². The molecule has 2 saturated heterocycles. The zero-order chi connectivity index (χ0) is 22.4. The summed E-state index contributed by atoms with van der Waals surface area (Å²) >= 11 is 1.55. The minimum atomic E-state index is -3.05. The van der Waals surface area contributed by atoms with E-state index in [0.717, 1.165) is 41.5 Å². The second-order valence-electron chi connectivity index (χ2n) is 8.98. The van der Waals surface area contributed by atoms with Gasteiger partial charge in [-0.3, -0.25) is 19.4 Å². The molecule has 0 aromatic carbocycles. The molecule has 2 aromatic rings. The van der Waals surface area contributed by atoms with E-state index in [1.807, 2.05) is 13.8 Å². The van der Waals surface area contributed by atoms with Crippen molar-refractivity contribution >= 4 is 37.3 Å². The highest BCUT2D eigenvalue weighted by atomic mass is 32.2. The average Bonchev–Trinajstić information content (AvgIpc) is 3.11. The van der Waals surface area contributed by atoms with Crippen molar-refractivity contribution in [1.29, 1.82) is 0 Å². The lowest BCUT2D eigenvalue weighted by Gasteiger charge is -2.34. The van der Waals surface area contributed by atoms with E-state index in [1.165, 1.54) is 0 Å². The van der Waals surface area contributed by atoms with E-state index in [9.17, 15) is 18.0 Å². The van der Waals surface area contributed by atoms with E-state index in [1.54, 1.807) is 18.3 Å². The number of carbonyl (C=O) groups is 1. The van der Waals surface area contributed by atoms with Crippen LogP contribution in [0.3, 0.4) is 0 Å². The second-order valence-corrected chi connectivity index (χ2v) is 12.4. The number of thiophene rings is 1. The predicted octanol–water partition coefficient (Wildman–Crippen LogP) is 0.412. The van der Waals surface area contributed by atoms with Gasteiger partial charge < -0.3 is 10.3 Å². The largest absolute Gasteiger partial charge is 0.349 e. The van der Waals surface area contributed by atoms with Gasteiger partial charge in [0.1, 0.15) is 10.7 Å². The van der Waals surface area contributed by atoms with Gasteiger partial charge in [-0.05, 0) is 32.8 Å². The van der Waals surface area contributed by atoms with Crippen LogP contribution in [0.1, 0.15) is 29.6 Å². The third-order valence-corrected chi connectivity index (χ3v) is 9.24. The lowest BCUT2D eigenvalue weighted by atomic mass is 10.0. The molecule has 0 unspecified atom stereocenters. The molecule has 2 aliphatic heterocycles. The van der Waals surface area contributed by atoms with E-state index in [-0.39, 0.29) is 29.5 Å². The molecule has 2 N–H and O–H groups in total. The Balaban J connectivity index is 1.30. The SMILES string of the molecule is Cc1sc2nc(CN3CCN(CC(=O)N[C@@]4(C)CCS(=O)(=O)C4)CC3)[nH]c(=O)c2c1C. The maximum atomic E-state index is 12.5. The van der Waals surface area contributed by atoms with Crippen LogP contribution >= 0.6 is 11.3 Å². The van der Waals surface area contributed by atoms with Crippen LogP contribution in [0, 0.1) is 13.8 Å². The summed E-state index contributed by atoms with van der Waals surface area (Å²) in [6.45, 7) is 9.57. The number of fused-ring (bicyclic) bond motifs is 1. The number of hydrogen-bond acceptors (Lipinski definition) is 8. The van der Waals surface area contributed by atoms with Gasteiger partial charge in [0.05, 0.1) is 35.5 Å². The summed E-state index contributed by atoms with van der Waals surface area (Å²) in [6, 6.07) is 0. The van der Waals surface area contributed by atoms with Crippen molar-refractivity contribution in [1.82, 2.24) is 25.1 Å². The molecule has 0 radical (unpaired) electrons. The smallest absolute Gasteiger partial charge is 0.259 e. The summed E-state index contributed by atoms with van der Waals surface area (Å²) in [5.74, 6) is 0.682. The number of carbonyl (C=O) groups excluding carboxylic acids is 1. The normalized spacial score (nSPS) is 24.6. The average molecular weight is 468 g/mol. The summed E-state index contributed by atoms with van der Waals surface area (Å²) in [6.07, 6.45) is 0.466. The number of amides is 1. The summed E-state index contributed by atoms with van der Waals surface area (Å²) in [7, 11) is -3.05. The number of piperazine rings is 1. The van der Waals surface area contributed by atoms with Crippen molar-refractivity contribution in [2.75, 3.05) is 44.2 Å². The predicted molar refractivity (Wildman–Crippen MR) is 121 cm³/mol. The van der Waals surface area contributed by atoms with E-state index < -0.39 is 15.4 Å². The molecule has 1 atom stereocenters. The minimum Gasteiger partial charge on any atom is -0.349 e. The summed E-state index contributed by atoms with van der Waals surface area (Å²) in [5, 5.41) is 3.60. The van der Waals surface area contributed by atoms with Gasteiger partial charge in [0.2, 0.25) is 5.91 Å². The molecule has 0 spiro atoms. The van der Waals surface area contributed by atoms with Crippen molar-refractivity contribution in [2.24, 2.45) is 0 Å². The molecule has 4 rings (SSSR count). The maximum absolute atomic E-state index is 12.5. The quantitative estimate of drug-likeness (QED) is 0.654. The Morgan fingerprint density at radius 3 is 2.55 bits per heavy atom. The van der Waals surface area contributed by atoms with E-state index in [4.69, 9.17) is 0 Å². The third kappa shape index (κ3) is 5.00. The van der Waals surface area contributed by atoms with Crippen molar-refractivity contribution in [2.45, 2.75) is 39.3 Å². The topological polar surface area (TPSA) is 115 Å². The van der Waals surface area contributed by atoms with Crippen LogP contribution < -0.4 is 10.9 Å². The molecule has 2 aromatic heterocycles. The van der Waals surface area contributed by atoms with E-state index in [2.05, 4.69) is 25.1 Å². The number of aromatic nitrogens is 2. The third-order valence-electron chi connectivity index (χ3n) is 6.24. The molecule has 0 aliphatic carbocycles. The monoisotopic (exact) mass is 467 g/mol. The van der Waals surface area contributed by atoms with Gasteiger partial charge >= 0.3 is 0 Å². The first-order valence-electron chi connectivity index (χ1n) is 10.5. The lowest BCUT2D eigenvalue weighted by Crippen LogP contribution is -2.53. The number of rotatable bonds is 5. The van der Waals surface area contributed by atoms with Crippen molar-refractivity contribution in [3.8, 4) is 0 Å². The fourth-order valence-electron chi connectivity index (χ4n) is 4.38. The molecular formula is C20H29N5O4S2. The molecule has 4 heterocycles. The van der Waals surface area contributed by atoms with Gasteiger partial charge in [0.15, 0.2) is 9.84 Å². The molecule has 2 aliphatic rings. The minimum absolute atomic E-state index is 0.0123. The van der Waals surface area contributed by atoms with E-state index >= 15 is 0 Å². The number of nitrogens with zero attached hydrogens (tertiary/aromatic N) is 3. The highest BCUT2D eigenvalue weighted by Crippen LogP contribution is 2.26. The van der Waals surface area contributed by atoms with Gasteiger partial charge in [-0.2, -0.15) is 0 Å². The van der Waals surface area contributed by atoms with Crippen molar-refractivity contribution < 1.29 is 13.2 Å². The Hall–Kier alpha value is -1.82. The zero-order valence-corrected chi connectivity index (χ0v) is 19.8. The van der Waals surface area contributed by atoms with Gasteiger partial charge in [0, 0.05) is 31.1 Å². The standard InChI is InChI=1S/C20H29N5O4S2/c1-13-14(2)30-19-17(13)18(27)21-15(22-19)10-24-5-7-25(8-6-24)11-16(26)23-20(3)4-9-31(28,29)12-20/h4-12H2,1-3H3,(H,23,26)(H,21,22,27)/t20-/m0/s1. The molecule has 2 fully saturated rings. The first-order chi connectivity index (χ1) is 14.5. The van der Waals surface area contributed by atoms with Crippen LogP contribution in [0.25, 0.3) is 10.2 Å². The lowest BCUT2D eigenvalue weighted by molar-refractivity contribution is -0.124. The van der Waals surface area contributed by atoms with Crippen LogP contribution in [0.15, 0.2) is 4.79 Å². The molecule has 9 nitrogen and oxygen atoms in total. The Kier molecular flexibility index (Phi) is 5.97. The zero-order valence-electron chi connectivity index (χ0n) is 18.2. The summed E-state index contributed by atoms with van der Waals surface area (Å²) in [5.41, 5.74) is 0.253. The number of nitrogens with one attached hydrogen (secondary N) is 2. The van der Waals surface area contributed by atoms with Crippen LogP contribution in [0.2, 0.25) is 0 Å². The van der Waals surface area contributed by atoms with Gasteiger partial charge in [-0.15, -0.1) is 11.3 Å². The number of sulfone groups is 1. The van der Waals surface area contributed by atoms with Gasteiger partial charge in [-0.1, -0.05) is 0 Å². The maximum Gasteiger partial charge on any atom is 0.259 e. The number of aromatic amines is 1. The Morgan fingerprint density at radius 2 is 1.90 bits per heavy atom. The molecule has 0 saturated carbocycles. The Bertz CT molecular complexity index is 1160. The summed E-state index contributed by atoms with van der Waals surface area (Å²) < 4.78 is 23.4. The van der Waals surface area contributed by atoms with Crippen molar-refractivity contribution in [3.05, 3.63) is 26.6 Å². The van der Waals surface area contributed by atoms with Crippen molar-refractivity contribution in [3.63, 3.8) is 0 Å². The van der Waals surface area contributed by atoms with Gasteiger partial charge in [0.25, 0.3) is 5.56 Å². The van der Waals surface area contributed by atoms with Gasteiger partial charge in [-0.25, -0.2) is 13.4 Å². The van der Waals surface area contributed by atoms with Crippen LogP contribution in [-0.4, -0.2) is 83.9 Å². The van der Waals surface area contributed by atoms with Crippen LogP contribution in [0.4, 0.5) is 0 Å². The number of hydrogen-bond donors (Lipinski definition) is 2. The molecule has 170 valence electrons. The number of H-pyrrole nitrogens is 1. The molecule has 0 bridgehead atoms. The second kappa shape index (κ2) is 8.27. The Morgan fingerprint density at radius 1 is 1.23 bits per heavy atom. The first kappa shape index (κ1) is 22.4. The highest BCUT2D eigenvalue weighted by molar-refractivity contribution is 7.91. The highest BCUT2D eigenvalue weighted by Gasteiger charge is 2.39. The molecule has 11 heteroatoms. The van der Waals surface area contributed by atoms with E-state index in [0.29, 0.717) is 24.2 Å². The summed E-state index contributed by atoms with van der Waals surface area (Å²) in [4.78, 5) is 38.7. The first-order valence-corrected chi connectivity index (χ1v) is 13.1. The van der Waals surface area contributed by atoms with Crippen LogP contribution in [-0.2, 0) is 21.2 Å². The fraction of sp³-hybridized carbons (Fsp3) is 0.650. The van der Waals surface area contributed by atoms with Crippen LogP contribution in [0.5, 0.6) is 0 Å². The number of aryl methyl sites for hydroxylation is 2. The fourth-order valence-corrected chi connectivity index (χ4v) is 7.52. The molecule has 31 heavy (non-hydrogen) atoms. The molecule has 1 amide bonds.